The number of aliphatic hydroxyl groups excluding tert-OH is 2. The summed E-state index contributed by atoms with van der Waals surface area (Å²) < 4.78 is 0. The van der Waals surface area contributed by atoms with Gasteiger partial charge in [0.15, 0.2) is 0 Å². The lowest BCUT2D eigenvalue weighted by molar-refractivity contribution is -0.130. The van der Waals surface area contributed by atoms with Gasteiger partial charge in [0.2, 0.25) is 11.8 Å². The molecule has 0 saturated heterocycles. The molecule has 3 atom stereocenters. The molecule has 1 aromatic carbocycles. The van der Waals surface area contributed by atoms with Crippen molar-refractivity contribution in [3.05, 3.63) is 41.6 Å². The first-order valence-electron chi connectivity index (χ1n) is 10.2. The molecule has 1 aliphatic heterocycles. The van der Waals surface area contributed by atoms with E-state index in [1.54, 1.807) is 11.1 Å². The number of nitrogens with zero attached hydrogens (tertiary/aromatic N) is 1. The summed E-state index contributed by atoms with van der Waals surface area (Å²) in [5, 5.41) is 23.2. The Hall–Kier alpha value is -2.18. The molecular formula is C22H30N2O4. The fraction of sp³-hybridized carbons (Fsp3) is 0.545. The SMILES string of the molecule is CC(=O)N1C=Cc2ccccc2C1CC(=O)NC(CO)C(O)C1CCCCC1. The van der Waals surface area contributed by atoms with Crippen LogP contribution in [0.15, 0.2) is 30.5 Å². The van der Waals surface area contributed by atoms with Gasteiger partial charge in [-0.1, -0.05) is 43.5 Å². The van der Waals surface area contributed by atoms with Gasteiger partial charge in [-0.3, -0.25) is 9.59 Å². The molecule has 1 fully saturated rings. The molecule has 3 unspecified atom stereocenters. The first-order chi connectivity index (χ1) is 13.5. The minimum atomic E-state index is -0.753. The second-order valence-corrected chi connectivity index (χ2v) is 7.84. The van der Waals surface area contributed by atoms with Crippen LogP contribution in [0.25, 0.3) is 6.08 Å². The Balaban J connectivity index is 1.69. The van der Waals surface area contributed by atoms with Crippen molar-refractivity contribution in [3.63, 3.8) is 0 Å². The van der Waals surface area contributed by atoms with Crippen LogP contribution in [-0.4, -0.2) is 45.7 Å². The van der Waals surface area contributed by atoms with E-state index in [0.29, 0.717) is 0 Å². The quantitative estimate of drug-likeness (QED) is 0.700. The van der Waals surface area contributed by atoms with Crippen LogP contribution < -0.4 is 5.32 Å². The number of hydrogen-bond acceptors (Lipinski definition) is 4. The van der Waals surface area contributed by atoms with Gasteiger partial charge in [-0.2, -0.15) is 0 Å². The zero-order valence-corrected chi connectivity index (χ0v) is 16.4. The van der Waals surface area contributed by atoms with Crippen molar-refractivity contribution in [2.45, 2.75) is 63.6 Å². The Bertz CT molecular complexity index is 727. The van der Waals surface area contributed by atoms with Gasteiger partial charge < -0.3 is 20.4 Å². The van der Waals surface area contributed by atoms with Crippen molar-refractivity contribution in [2.75, 3.05) is 6.61 Å². The molecule has 0 radical (unpaired) electrons. The van der Waals surface area contributed by atoms with Crippen molar-refractivity contribution in [2.24, 2.45) is 5.92 Å². The molecule has 0 bridgehead atoms. The molecule has 2 aliphatic rings. The highest BCUT2D eigenvalue weighted by Gasteiger charge is 2.32. The maximum atomic E-state index is 12.8. The third kappa shape index (κ3) is 4.62. The van der Waals surface area contributed by atoms with Crippen LogP contribution in [0.5, 0.6) is 0 Å². The van der Waals surface area contributed by atoms with Crippen molar-refractivity contribution < 1.29 is 19.8 Å². The Morgan fingerprint density at radius 2 is 1.93 bits per heavy atom. The fourth-order valence-corrected chi connectivity index (χ4v) is 4.40. The fourth-order valence-electron chi connectivity index (χ4n) is 4.40. The molecule has 0 spiro atoms. The monoisotopic (exact) mass is 386 g/mol. The number of hydrogen-bond donors (Lipinski definition) is 3. The Labute approximate surface area is 166 Å². The van der Waals surface area contributed by atoms with Crippen LogP contribution in [0.3, 0.4) is 0 Å². The molecule has 152 valence electrons. The second kappa shape index (κ2) is 9.34. The second-order valence-electron chi connectivity index (χ2n) is 7.84. The molecule has 2 amide bonds. The molecule has 1 heterocycles. The Morgan fingerprint density at radius 1 is 1.21 bits per heavy atom. The van der Waals surface area contributed by atoms with Gasteiger partial charge >= 0.3 is 0 Å². The van der Waals surface area contributed by atoms with E-state index in [2.05, 4.69) is 5.32 Å². The number of rotatable bonds is 6. The van der Waals surface area contributed by atoms with E-state index in [-0.39, 0.29) is 30.8 Å². The zero-order chi connectivity index (χ0) is 20.1. The first-order valence-corrected chi connectivity index (χ1v) is 10.2. The topological polar surface area (TPSA) is 89.9 Å². The number of benzene rings is 1. The van der Waals surface area contributed by atoms with Crippen LogP contribution in [0.1, 0.15) is 62.6 Å². The van der Waals surface area contributed by atoms with E-state index in [1.165, 1.54) is 13.3 Å². The molecule has 6 nitrogen and oxygen atoms in total. The highest BCUT2D eigenvalue weighted by molar-refractivity contribution is 5.82. The van der Waals surface area contributed by atoms with Crippen molar-refractivity contribution in [3.8, 4) is 0 Å². The van der Waals surface area contributed by atoms with Gasteiger partial charge in [0.1, 0.15) is 0 Å². The maximum Gasteiger partial charge on any atom is 0.223 e. The van der Waals surface area contributed by atoms with Gasteiger partial charge in [0, 0.05) is 13.1 Å². The number of fused-ring (bicyclic) bond motifs is 1. The van der Waals surface area contributed by atoms with E-state index in [9.17, 15) is 19.8 Å². The predicted molar refractivity (Wildman–Crippen MR) is 107 cm³/mol. The summed E-state index contributed by atoms with van der Waals surface area (Å²) in [6.07, 6.45) is 8.08. The lowest BCUT2D eigenvalue weighted by atomic mass is 9.82. The van der Waals surface area contributed by atoms with Gasteiger partial charge in [-0.15, -0.1) is 0 Å². The third-order valence-corrected chi connectivity index (χ3v) is 5.94. The van der Waals surface area contributed by atoms with Gasteiger partial charge in [-0.25, -0.2) is 0 Å². The average Bonchev–Trinajstić information content (AvgIpc) is 2.72. The zero-order valence-electron chi connectivity index (χ0n) is 16.4. The number of amides is 2. The summed E-state index contributed by atoms with van der Waals surface area (Å²) in [4.78, 5) is 26.4. The van der Waals surface area contributed by atoms with Gasteiger partial charge in [0.25, 0.3) is 0 Å². The van der Waals surface area contributed by atoms with E-state index < -0.39 is 18.2 Å². The van der Waals surface area contributed by atoms with E-state index in [4.69, 9.17) is 0 Å². The van der Waals surface area contributed by atoms with Crippen LogP contribution in [0.2, 0.25) is 0 Å². The Kier molecular flexibility index (Phi) is 6.86. The van der Waals surface area contributed by atoms with Gasteiger partial charge in [-0.05, 0) is 36.0 Å². The van der Waals surface area contributed by atoms with Crippen molar-refractivity contribution >= 4 is 17.9 Å². The summed E-state index contributed by atoms with van der Waals surface area (Å²) in [5.74, 6) is -0.307. The lowest BCUT2D eigenvalue weighted by Gasteiger charge is -2.34. The number of carbonyl (C=O) groups is 2. The molecule has 1 aliphatic carbocycles. The van der Waals surface area contributed by atoms with Crippen molar-refractivity contribution in [1.82, 2.24) is 10.2 Å². The highest BCUT2D eigenvalue weighted by atomic mass is 16.3. The van der Waals surface area contributed by atoms with E-state index in [1.807, 2.05) is 30.3 Å². The maximum absolute atomic E-state index is 12.8. The average molecular weight is 386 g/mol. The standard InChI is InChI=1S/C22H30N2O4/c1-15(26)24-12-11-16-7-5-6-10-18(16)20(24)13-21(27)23-19(14-25)22(28)17-8-3-2-4-9-17/h5-7,10-12,17,19-20,22,25,28H,2-4,8-9,13-14H2,1H3,(H,23,27). The van der Waals surface area contributed by atoms with Crippen LogP contribution >= 0.6 is 0 Å². The molecule has 1 saturated carbocycles. The smallest absolute Gasteiger partial charge is 0.223 e. The normalized spacial score (nSPS) is 21.7. The molecule has 6 heteroatoms. The van der Waals surface area contributed by atoms with Gasteiger partial charge in [0.05, 0.1) is 31.2 Å². The number of carbonyl (C=O) groups excluding carboxylic acids is 2. The largest absolute Gasteiger partial charge is 0.394 e. The summed E-state index contributed by atoms with van der Waals surface area (Å²) in [7, 11) is 0. The predicted octanol–water partition coefficient (Wildman–Crippen LogP) is 2.37. The van der Waals surface area contributed by atoms with Crippen LogP contribution in [0, 0.1) is 5.92 Å². The van der Waals surface area contributed by atoms with Crippen LogP contribution in [-0.2, 0) is 9.59 Å². The molecule has 3 N–H and O–H groups in total. The van der Waals surface area contributed by atoms with E-state index in [0.717, 1.165) is 36.8 Å². The summed E-state index contributed by atoms with van der Waals surface area (Å²) >= 11 is 0. The third-order valence-electron chi connectivity index (χ3n) is 5.94. The molecule has 28 heavy (non-hydrogen) atoms. The lowest BCUT2D eigenvalue weighted by Crippen LogP contribution is -2.50. The summed E-state index contributed by atoms with van der Waals surface area (Å²) in [6, 6.07) is 6.61. The molecule has 1 aromatic rings. The van der Waals surface area contributed by atoms with Crippen molar-refractivity contribution in [1.29, 1.82) is 0 Å². The Morgan fingerprint density at radius 3 is 2.61 bits per heavy atom. The molecule has 0 aromatic heterocycles. The summed E-state index contributed by atoms with van der Waals surface area (Å²) in [5.41, 5.74) is 1.91. The van der Waals surface area contributed by atoms with E-state index >= 15 is 0 Å². The molecule has 3 rings (SSSR count). The molecular weight excluding hydrogens is 356 g/mol. The summed E-state index contributed by atoms with van der Waals surface area (Å²) in [6.45, 7) is 1.17. The number of aliphatic hydroxyl groups is 2. The first kappa shape index (κ1) is 20.6. The minimum Gasteiger partial charge on any atom is -0.394 e. The van der Waals surface area contributed by atoms with Crippen LogP contribution in [0.4, 0.5) is 0 Å². The minimum absolute atomic E-state index is 0.0782. The highest BCUT2D eigenvalue weighted by Crippen LogP contribution is 2.33. The number of nitrogens with one attached hydrogen (secondary N) is 1.